The Morgan fingerprint density at radius 2 is 2.26 bits per heavy atom. The van der Waals surface area contributed by atoms with Gasteiger partial charge >= 0.3 is 0 Å². The Kier molecular flexibility index (Phi) is 4.19. The van der Waals surface area contributed by atoms with Crippen molar-refractivity contribution >= 4 is 10.0 Å². The summed E-state index contributed by atoms with van der Waals surface area (Å²) in [7, 11) is -3.68. The van der Waals surface area contributed by atoms with Gasteiger partial charge in [-0.05, 0) is 30.7 Å². The maximum Gasteiger partial charge on any atom is 0.243 e. The lowest BCUT2D eigenvalue weighted by molar-refractivity contribution is -0.0304. The number of sulfonamides is 1. The molecule has 0 bridgehead atoms. The van der Waals surface area contributed by atoms with Crippen LogP contribution >= 0.6 is 0 Å². The van der Waals surface area contributed by atoms with Gasteiger partial charge in [0.25, 0.3) is 0 Å². The molecular weight excluding hydrogens is 273 g/mol. The van der Waals surface area contributed by atoms with Gasteiger partial charge in [-0.1, -0.05) is 0 Å². The Balaban J connectivity index is 2.31. The summed E-state index contributed by atoms with van der Waals surface area (Å²) < 4.78 is 44.4. The summed E-state index contributed by atoms with van der Waals surface area (Å²) in [6, 6.07) is 3.59. The quantitative estimate of drug-likeness (QED) is 0.881. The minimum absolute atomic E-state index is 0.0903. The Morgan fingerprint density at radius 3 is 2.89 bits per heavy atom. The van der Waals surface area contributed by atoms with Crippen LogP contribution in [0.5, 0.6) is 0 Å². The third kappa shape index (κ3) is 2.94. The van der Waals surface area contributed by atoms with Crippen molar-refractivity contribution in [2.24, 2.45) is 0 Å². The molecule has 2 rings (SSSR count). The monoisotopic (exact) mass is 289 g/mol. The van der Waals surface area contributed by atoms with E-state index in [1.54, 1.807) is 6.92 Å². The Labute approximate surface area is 111 Å². The first kappa shape index (κ1) is 14.4. The first-order valence-electron chi connectivity index (χ1n) is 5.94. The van der Waals surface area contributed by atoms with Gasteiger partial charge in [0.15, 0.2) is 0 Å². The van der Waals surface area contributed by atoms with Gasteiger partial charge in [0.2, 0.25) is 10.0 Å². The third-order valence-corrected chi connectivity index (χ3v) is 5.09. The average Bonchev–Trinajstić information content (AvgIpc) is 2.38. The predicted molar refractivity (Wildman–Crippen MR) is 66.7 cm³/mol. The molecule has 0 aromatic heterocycles. The molecule has 1 aliphatic heterocycles. The van der Waals surface area contributed by atoms with Crippen LogP contribution in [0.3, 0.4) is 0 Å². The van der Waals surface area contributed by atoms with Crippen molar-refractivity contribution < 1.29 is 22.7 Å². The number of nitrogens with zero attached hydrogens (tertiary/aromatic N) is 1. The summed E-state index contributed by atoms with van der Waals surface area (Å²) in [5.41, 5.74) is 0.368. The zero-order valence-corrected chi connectivity index (χ0v) is 11.4. The fourth-order valence-electron chi connectivity index (χ4n) is 2.06. The molecule has 1 unspecified atom stereocenters. The van der Waals surface area contributed by atoms with Gasteiger partial charge in [-0.2, -0.15) is 4.31 Å². The number of ether oxygens (including phenoxy) is 1. The molecule has 1 aliphatic rings. The van der Waals surface area contributed by atoms with Crippen molar-refractivity contribution in [3.8, 4) is 0 Å². The lowest BCUT2D eigenvalue weighted by atomic mass is 10.2. The van der Waals surface area contributed by atoms with Gasteiger partial charge in [-0.25, -0.2) is 12.8 Å². The highest BCUT2D eigenvalue weighted by Gasteiger charge is 2.31. The minimum atomic E-state index is -3.68. The molecule has 0 spiro atoms. The topological polar surface area (TPSA) is 66.8 Å². The van der Waals surface area contributed by atoms with Crippen molar-refractivity contribution in [1.82, 2.24) is 4.31 Å². The van der Waals surface area contributed by atoms with E-state index >= 15 is 0 Å². The van der Waals surface area contributed by atoms with Crippen molar-refractivity contribution in [3.05, 3.63) is 29.6 Å². The van der Waals surface area contributed by atoms with Gasteiger partial charge in [0, 0.05) is 13.1 Å². The van der Waals surface area contributed by atoms with Crippen molar-refractivity contribution in [3.63, 3.8) is 0 Å². The molecule has 1 fully saturated rings. The summed E-state index contributed by atoms with van der Waals surface area (Å²) in [5, 5.41) is 9.04. The molecule has 5 nitrogen and oxygen atoms in total. The molecule has 1 aromatic rings. The van der Waals surface area contributed by atoms with E-state index in [4.69, 9.17) is 9.84 Å². The maximum atomic E-state index is 13.0. The standard InChI is InChI=1S/C12H16FNO4S/c1-9-6-10(13)2-3-12(9)19(16,17)14-4-5-18-11(7-14)8-15/h2-3,6,11,15H,4-5,7-8H2,1H3. The average molecular weight is 289 g/mol. The van der Waals surface area contributed by atoms with Crippen molar-refractivity contribution in [2.75, 3.05) is 26.3 Å². The highest BCUT2D eigenvalue weighted by Crippen LogP contribution is 2.22. The van der Waals surface area contributed by atoms with Gasteiger partial charge < -0.3 is 9.84 Å². The highest BCUT2D eigenvalue weighted by molar-refractivity contribution is 7.89. The van der Waals surface area contributed by atoms with E-state index in [0.717, 1.165) is 6.07 Å². The largest absolute Gasteiger partial charge is 0.394 e. The first-order valence-corrected chi connectivity index (χ1v) is 7.38. The maximum absolute atomic E-state index is 13.0. The van der Waals surface area contributed by atoms with E-state index < -0.39 is 21.9 Å². The van der Waals surface area contributed by atoms with Gasteiger partial charge in [0.1, 0.15) is 5.82 Å². The molecule has 0 amide bonds. The molecule has 1 N–H and O–H groups in total. The summed E-state index contributed by atoms with van der Waals surface area (Å²) in [5.74, 6) is -0.466. The van der Waals surface area contributed by atoms with Crippen molar-refractivity contribution in [2.45, 2.75) is 17.9 Å². The van der Waals surface area contributed by atoms with Crippen LogP contribution in [0, 0.1) is 12.7 Å². The SMILES string of the molecule is Cc1cc(F)ccc1S(=O)(=O)N1CCOC(CO)C1. The second-order valence-corrected chi connectivity index (χ2v) is 6.35. The molecule has 7 heteroatoms. The number of benzene rings is 1. The summed E-state index contributed by atoms with van der Waals surface area (Å²) >= 11 is 0. The van der Waals surface area contributed by atoms with E-state index in [0.29, 0.717) is 5.56 Å². The van der Waals surface area contributed by atoms with Gasteiger partial charge in [0.05, 0.1) is 24.2 Å². The number of hydrogen-bond acceptors (Lipinski definition) is 4. The smallest absolute Gasteiger partial charge is 0.243 e. The number of hydrogen-bond donors (Lipinski definition) is 1. The number of halogens is 1. The number of aryl methyl sites for hydroxylation is 1. The molecule has 1 aromatic carbocycles. The molecule has 1 heterocycles. The van der Waals surface area contributed by atoms with Crippen LogP contribution in [-0.2, 0) is 14.8 Å². The molecular formula is C12H16FNO4S. The van der Waals surface area contributed by atoms with Crippen LogP contribution in [0.15, 0.2) is 23.1 Å². The second kappa shape index (κ2) is 5.54. The fourth-order valence-corrected chi connectivity index (χ4v) is 3.72. The minimum Gasteiger partial charge on any atom is -0.394 e. The van der Waals surface area contributed by atoms with E-state index in [1.165, 1.54) is 16.4 Å². The molecule has 106 valence electrons. The van der Waals surface area contributed by atoms with Crippen LogP contribution in [0.1, 0.15) is 5.56 Å². The first-order chi connectivity index (χ1) is 8.95. The van der Waals surface area contributed by atoms with Crippen LogP contribution in [0.25, 0.3) is 0 Å². The summed E-state index contributed by atoms with van der Waals surface area (Å²) in [6.07, 6.45) is -0.510. The van der Waals surface area contributed by atoms with E-state index in [2.05, 4.69) is 0 Å². The normalized spacial score (nSPS) is 21.5. The molecule has 0 aliphatic carbocycles. The second-order valence-electron chi connectivity index (χ2n) is 4.45. The highest BCUT2D eigenvalue weighted by atomic mass is 32.2. The van der Waals surface area contributed by atoms with Gasteiger partial charge in [-0.3, -0.25) is 0 Å². The Hall–Kier alpha value is -1.02. The number of aliphatic hydroxyl groups excluding tert-OH is 1. The van der Waals surface area contributed by atoms with Crippen LogP contribution in [0.2, 0.25) is 0 Å². The Bertz CT molecular complexity index is 561. The van der Waals surface area contributed by atoms with Gasteiger partial charge in [-0.15, -0.1) is 0 Å². The molecule has 0 radical (unpaired) electrons. The molecule has 0 saturated carbocycles. The zero-order chi connectivity index (χ0) is 14.0. The lowest BCUT2D eigenvalue weighted by Gasteiger charge is -2.31. The number of aliphatic hydroxyl groups is 1. The lowest BCUT2D eigenvalue weighted by Crippen LogP contribution is -2.46. The number of rotatable bonds is 3. The summed E-state index contributed by atoms with van der Waals surface area (Å²) in [4.78, 5) is 0.0903. The van der Waals surface area contributed by atoms with Crippen molar-refractivity contribution in [1.29, 1.82) is 0 Å². The molecule has 1 saturated heterocycles. The summed E-state index contributed by atoms with van der Waals surface area (Å²) in [6.45, 7) is 1.91. The van der Waals surface area contributed by atoms with E-state index in [9.17, 15) is 12.8 Å². The molecule has 19 heavy (non-hydrogen) atoms. The third-order valence-electron chi connectivity index (χ3n) is 3.06. The predicted octanol–water partition coefficient (Wildman–Crippen LogP) is 0.516. The molecule has 1 atom stereocenters. The van der Waals surface area contributed by atoms with Crippen LogP contribution in [-0.4, -0.2) is 50.2 Å². The Morgan fingerprint density at radius 1 is 1.53 bits per heavy atom. The fraction of sp³-hybridized carbons (Fsp3) is 0.500. The van der Waals surface area contributed by atoms with Crippen LogP contribution < -0.4 is 0 Å². The van der Waals surface area contributed by atoms with Crippen LogP contribution in [0.4, 0.5) is 4.39 Å². The van der Waals surface area contributed by atoms with E-state index in [-0.39, 0.29) is 31.2 Å². The van der Waals surface area contributed by atoms with E-state index in [1.807, 2.05) is 0 Å². The zero-order valence-electron chi connectivity index (χ0n) is 10.5. The number of morpholine rings is 1.